The molecule has 0 unspecified atom stereocenters. The third-order valence-corrected chi connectivity index (χ3v) is 8.12. The Balaban J connectivity index is 1.35. The molecule has 6 rings (SSSR count). The molecule has 1 saturated carbocycles. The van der Waals surface area contributed by atoms with Crippen LogP contribution in [0.25, 0.3) is 0 Å². The van der Waals surface area contributed by atoms with Crippen LogP contribution < -0.4 is 24.8 Å². The number of benzene rings is 2. The minimum atomic E-state index is 0.145. The lowest BCUT2D eigenvalue weighted by atomic mass is 9.97. The van der Waals surface area contributed by atoms with Crippen LogP contribution >= 0.6 is 0 Å². The minimum Gasteiger partial charge on any atom is -0.494 e. The van der Waals surface area contributed by atoms with E-state index >= 15 is 0 Å². The van der Waals surface area contributed by atoms with Gasteiger partial charge in [0, 0.05) is 24.7 Å². The highest BCUT2D eigenvalue weighted by atomic mass is 16.5. The Kier molecular flexibility index (Phi) is 11.4. The second kappa shape index (κ2) is 16.1. The molecule has 3 heterocycles. The van der Waals surface area contributed by atoms with Gasteiger partial charge in [-0.2, -0.15) is 15.0 Å². The number of nitrogens with zero attached hydrogens (tertiary/aromatic N) is 3. The molecule has 2 aromatic carbocycles. The molecule has 0 spiro atoms. The van der Waals surface area contributed by atoms with Gasteiger partial charge in [0.1, 0.15) is 11.5 Å². The van der Waals surface area contributed by atoms with E-state index in [1.165, 1.54) is 32.1 Å². The first-order valence-corrected chi connectivity index (χ1v) is 16.1. The van der Waals surface area contributed by atoms with E-state index in [0.29, 0.717) is 55.3 Å². The van der Waals surface area contributed by atoms with Gasteiger partial charge in [-0.3, -0.25) is 4.79 Å². The first-order chi connectivity index (χ1) is 21.2. The first kappa shape index (κ1) is 30.6. The van der Waals surface area contributed by atoms with Gasteiger partial charge in [0.15, 0.2) is 5.78 Å². The Morgan fingerprint density at radius 3 is 2.35 bits per heavy atom. The van der Waals surface area contributed by atoms with E-state index in [9.17, 15) is 4.79 Å². The highest BCUT2D eigenvalue weighted by molar-refractivity contribution is 5.99. The molecule has 0 atom stereocenters. The number of ether oxygens (including phenoxy) is 3. The number of Topliss-reactive ketones (excluding diaryl/α,β-unsaturated/α-hetero) is 1. The van der Waals surface area contributed by atoms with E-state index in [1.807, 2.05) is 49.4 Å². The van der Waals surface area contributed by atoms with E-state index in [0.717, 1.165) is 62.1 Å². The number of fused-ring (bicyclic) bond motifs is 12. The molecule has 1 fully saturated rings. The second-order valence-electron chi connectivity index (χ2n) is 11.5. The summed E-state index contributed by atoms with van der Waals surface area (Å²) < 4.78 is 17.8. The smallest absolute Gasteiger partial charge is 0.323 e. The van der Waals surface area contributed by atoms with Gasteiger partial charge in [-0.1, -0.05) is 63.5 Å². The van der Waals surface area contributed by atoms with Gasteiger partial charge >= 0.3 is 6.01 Å². The molecule has 1 aromatic heterocycles. The molecule has 2 aliphatic heterocycles. The number of nitrogens with one attached hydrogen (secondary N) is 2. The van der Waals surface area contributed by atoms with Crippen LogP contribution in [0.3, 0.4) is 0 Å². The number of carbonyl (C=O) groups is 1. The highest BCUT2D eigenvalue weighted by Crippen LogP contribution is 2.31. The molecule has 9 nitrogen and oxygen atoms in total. The lowest BCUT2D eigenvalue weighted by molar-refractivity contribution is 0.0969. The molecular weight excluding hydrogens is 542 g/mol. The van der Waals surface area contributed by atoms with Crippen LogP contribution in [0.5, 0.6) is 17.5 Å². The van der Waals surface area contributed by atoms with Gasteiger partial charge in [0.2, 0.25) is 11.9 Å². The Bertz CT molecular complexity index is 1310. The standard InChI is InChI=1S/C34H45N5O4/c1-2-41-34-38-32-35-24-26-13-17-28(18-14-26)42-21-9-5-3-4-6-10-22-43-31-23-27(36-33(37-32)39-34)16-19-29(31)30(40)20-15-25-11-7-8-12-25/h13-14,16-19,23,25H,2-12,15,20-22,24H2,1H3,(H2,35,36,37,38,39). The summed E-state index contributed by atoms with van der Waals surface area (Å²) in [5.74, 6) is 3.04. The van der Waals surface area contributed by atoms with Crippen LogP contribution in [-0.4, -0.2) is 40.6 Å². The van der Waals surface area contributed by atoms with Crippen molar-refractivity contribution in [3.05, 3.63) is 53.6 Å². The minimum absolute atomic E-state index is 0.145. The van der Waals surface area contributed by atoms with Gasteiger partial charge in [-0.25, -0.2) is 0 Å². The molecule has 1 aliphatic carbocycles. The number of carbonyl (C=O) groups excluding carboxylic acids is 1. The third-order valence-electron chi connectivity index (χ3n) is 8.12. The Morgan fingerprint density at radius 2 is 1.58 bits per heavy atom. The van der Waals surface area contributed by atoms with Crippen molar-refractivity contribution in [1.29, 1.82) is 0 Å². The van der Waals surface area contributed by atoms with Crippen molar-refractivity contribution < 1.29 is 19.0 Å². The Hall–Kier alpha value is -3.88. The second-order valence-corrected chi connectivity index (χ2v) is 11.5. The first-order valence-electron chi connectivity index (χ1n) is 16.1. The summed E-state index contributed by atoms with van der Waals surface area (Å²) in [6.07, 6.45) is 13.1. The van der Waals surface area contributed by atoms with Crippen LogP contribution in [0.2, 0.25) is 0 Å². The quantitative estimate of drug-likeness (QED) is 0.278. The maximum Gasteiger partial charge on any atom is 0.323 e. The molecule has 6 bridgehead atoms. The fourth-order valence-corrected chi connectivity index (χ4v) is 5.70. The van der Waals surface area contributed by atoms with Crippen LogP contribution in [0.1, 0.15) is 99.9 Å². The molecule has 0 saturated heterocycles. The Morgan fingerprint density at radius 1 is 0.860 bits per heavy atom. The lowest BCUT2D eigenvalue weighted by Gasteiger charge is -2.15. The molecule has 3 aromatic rings. The van der Waals surface area contributed by atoms with Crippen LogP contribution in [0, 0.1) is 5.92 Å². The zero-order valence-corrected chi connectivity index (χ0v) is 25.4. The monoisotopic (exact) mass is 587 g/mol. The number of hydrogen-bond donors (Lipinski definition) is 2. The van der Waals surface area contributed by atoms with Crippen molar-refractivity contribution in [2.24, 2.45) is 5.92 Å². The summed E-state index contributed by atoms with van der Waals surface area (Å²) in [6.45, 7) is 4.14. The summed E-state index contributed by atoms with van der Waals surface area (Å²) in [4.78, 5) is 26.8. The molecule has 3 aliphatic rings. The van der Waals surface area contributed by atoms with Gasteiger partial charge in [-0.05, 0) is 61.9 Å². The maximum absolute atomic E-state index is 13.3. The average molecular weight is 588 g/mol. The van der Waals surface area contributed by atoms with Crippen LogP contribution in [0.15, 0.2) is 42.5 Å². The Labute approximate surface area is 255 Å². The largest absolute Gasteiger partial charge is 0.494 e. The van der Waals surface area contributed by atoms with E-state index < -0.39 is 0 Å². The third kappa shape index (κ3) is 9.56. The SMILES string of the molecule is CCOc1nc2nc(n1)Nc1ccc(C(=O)CCC3CCCC3)c(c1)OCCCCCCCCOc1ccc(cc1)CN2. The van der Waals surface area contributed by atoms with E-state index in [2.05, 4.69) is 25.6 Å². The number of aromatic nitrogens is 3. The van der Waals surface area contributed by atoms with E-state index in [-0.39, 0.29) is 11.8 Å². The molecule has 230 valence electrons. The maximum atomic E-state index is 13.3. The van der Waals surface area contributed by atoms with Crippen molar-refractivity contribution in [1.82, 2.24) is 15.0 Å². The van der Waals surface area contributed by atoms with Crippen molar-refractivity contribution in [3.8, 4) is 17.5 Å². The molecule has 0 amide bonds. The summed E-state index contributed by atoms with van der Waals surface area (Å²) in [6, 6.07) is 13.9. The summed E-state index contributed by atoms with van der Waals surface area (Å²) in [5, 5.41) is 6.56. The van der Waals surface area contributed by atoms with Crippen molar-refractivity contribution in [2.45, 2.75) is 90.5 Å². The zero-order chi connectivity index (χ0) is 29.7. The van der Waals surface area contributed by atoms with Crippen LogP contribution in [0.4, 0.5) is 17.6 Å². The van der Waals surface area contributed by atoms with Gasteiger partial charge in [0.05, 0.1) is 25.4 Å². The van der Waals surface area contributed by atoms with Gasteiger partial charge in [-0.15, -0.1) is 0 Å². The topological polar surface area (TPSA) is 107 Å². The zero-order valence-electron chi connectivity index (χ0n) is 25.4. The van der Waals surface area contributed by atoms with Gasteiger partial charge in [0.25, 0.3) is 0 Å². The lowest BCUT2D eigenvalue weighted by Crippen LogP contribution is -2.10. The summed E-state index contributed by atoms with van der Waals surface area (Å²) in [7, 11) is 0. The average Bonchev–Trinajstić information content (AvgIpc) is 3.54. The number of anilines is 3. The summed E-state index contributed by atoms with van der Waals surface area (Å²) in [5.41, 5.74) is 2.46. The molecule has 0 radical (unpaired) electrons. The molecule has 9 heteroatoms. The number of hydrogen-bond acceptors (Lipinski definition) is 9. The highest BCUT2D eigenvalue weighted by Gasteiger charge is 2.19. The normalized spacial score (nSPS) is 16.8. The molecular formula is C34H45N5O4. The fourth-order valence-electron chi connectivity index (χ4n) is 5.70. The van der Waals surface area contributed by atoms with Gasteiger partial charge < -0.3 is 24.8 Å². The van der Waals surface area contributed by atoms with Crippen LogP contribution in [-0.2, 0) is 6.54 Å². The molecule has 43 heavy (non-hydrogen) atoms. The van der Waals surface area contributed by atoms with E-state index in [4.69, 9.17) is 14.2 Å². The summed E-state index contributed by atoms with van der Waals surface area (Å²) >= 11 is 0. The van der Waals surface area contributed by atoms with Crippen molar-refractivity contribution >= 4 is 23.4 Å². The fraction of sp³-hybridized carbons (Fsp3) is 0.529. The molecule has 2 N–H and O–H groups in total. The predicted octanol–water partition coefficient (Wildman–Crippen LogP) is 7.89. The number of rotatable bonds is 6. The van der Waals surface area contributed by atoms with Crippen molar-refractivity contribution in [3.63, 3.8) is 0 Å². The predicted molar refractivity (Wildman–Crippen MR) is 169 cm³/mol. The van der Waals surface area contributed by atoms with Crippen molar-refractivity contribution in [2.75, 3.05) is 30.5 Å². The van der Waals surface area contributed by atoms with E-state index in [1.54, 1.807) is 0 Å². The number of ketones is 1.